The molecule has 0 radical (unpaired) electrons. The third-order valence-electron chi connectivity index (χ3n) is 1.67. The van der Waals surface area contributed by atoms with Gasteiger partial charge >= 0.3 is 0 Å². The first kappa shape index (κ1) is 9.29. The Kier molecular flexibility index (Phi) is 2.55. The van der Waals surface area contributed by atoms with E-state index in [4.69, 9.17) is 0 Å². The Morgan fingerprint density at radius 2 is 1.92 bits per heavy atom. The number of ketones is 1. The minimum Gasteiger partial charge on any atom is -0.369 e. The van der Waals surface area contributed by atoms with Gasteiger partial charge in [-0.15, -0.1) is 12.6 Å². The molecule has 0 aliphatic heterocycles. The first-order valence-corrected chi connectivity index (χ1v) is 4.01. The van der Waals surface area contributed by atoms with Crippen LogP contribution in [0.2, 0.25) is 0 Å². The molecule has 0 aliphatic carbocycles. The number of aliphatic hydroxyl groups is 1. The van der Waals surface area contributed by atoms with Crippen molar-refractivity contribution in [1.82, 2.24) is 0 Å². The summed E-state index contributed by atoms with van der Waals surface area (Å²) in [7, 11) is 0. The Morgan fingerprint density at radius 3 is 2.33 bits per heavy atom. The topological polar surface area (TPSA) is 37.3 Å². The number of rotatable bonds is 2. The second kappa shape index (κ2) is 3.29. The van der Waals surface area contributed by atoms with Gasteiger partial charge in [-0.3, -0.25) is 4.79 Å². The first-order valence-electron chi connectivity index (χ1n) is 3.56. The highest BCUT2D eigenvalue weighted by atomic mass is 32.1. The van der Waals surface area contributed by atoms with Gasteiger partial charge in [-0.1, -0.05) is 30.3 Å². The molecule has 0 bridgehead atoms. The molecule has 1 unspecified atom stereocenters. The minimum atomic E-state index is -1.65. The summed E-state index contributed by atoms with van der Waals surface area (Å²) >= 11 is 3.88. The van der Waals surface area contributed by atoms with Crippen molar-refractivity contribution in [3.63, 3.8) is 0 Å². The van der Waals surface area contributed by atoms with Crippen molar-refractivity contribution in [2.24, 2.45) is 0 Å². The summed E-state index contributed by atoms with van der Waals surface area (Å²) in [5.74, 6) is -0.378. The van der Waals surface area contributed by atoms with Crippen LogP contribution in [-0.4, -0.2) is 10.9 Å². The number of carbonyl (C=O) groups is 1. The van der Waals surface area contributed by atoms with Crippen LogP contribution in [0.15, 0.2) is 30.3 Å². The van der Waals surface area contributed by atoms with Crippen LogP contribution in [0.4, 0.5) is 0 Å². The number of hydrogen-bond acceptors (Lipinski definition) is 3. The SMILES string of the molecule is CC(=O)C(O)(S)c1ccccc1. The minimum absolute atomic E-state index is 0.378. The molecule has 1 atom stereocenters. The molecular weight excluding hydrogens is 172 g/mol. The third kappa shape index (κ3) is 1.68. The van der Waals surface area contributed by atoms with Gasteiger partial charge in [0, 0.05) is 5.56 Å². The van der Waals surface area contributed by atoms with E-state index in [2.05, 4.69) is 12.6 Å². The summed E-state index contributed by atoms with van der Waals surface area (Å²) in [6, 6.07) is 8.63. The van der Waals surface area contributed by atoms with Crippen molar-refractivity contribution >= 4 is 18.4 Å². The molecule has 3 heteroatoms. The fraction of sp³-hybridized carbons (Fsp3) is 0.222. The van der Waals surface area contributed by atoms with E-state index < -0.39 is 4.93 Å². The van der Waals surface area contributed by atoms with E-state index in [1.807, 2.05) is 6.07 Å². The van der Waals surface area contributed by atoms with Crippen LogP contribution in [0.5, 0.6) is 0 Å². The van der Waals surface area contributed by atoms with E-state index in [0.29, 0.717) is 5.56 Å². The standard InChI is InChI=1S/C9H10O2S/c1-7(10)9(11,12)8-5-3-2-4-6-8/h2-6,11-12H,1H3. The normalized spacial score (nSPS) is 15.2. The maximum absolute atomic E-state index is 10.9. The Bertz CT molecular complexity index is 280. The van der Waals surface area contributed by atoms with Crippen LogP contribution in [-0.2, 0) is 9.73 Å². The molecule has 1 aromatic rings. The zero-order valence-electron chi connectivity index (χ0n) is 6.69. The lowest BCUT2D eigenvalue weighted by molar-refractivity contribution is -0.127. The summed E-state index contributed by atoms with van der Waals surface area (Å²) in [4.78, 5) is 9.29. The lowest BCUT2D eigenvalue weighted by atomic mass is 10.1. The van der Waals surface area contributed by atoms with E-state index >= 15 is 0 Å². The van der Waals surface area contributed by atoms with Gasteiger partial charge in [-0.25, -0.2) is 0 Å². The number of benzene rings is 1. The van der Waals surface area contributed by atoms with Crippen LogP contribution in [0.25, 0.3) is 0 Å². The van der Waals surface area contributed by atoms with Gasteiger partial charge in [0.05, 0.1) is 0 Å². The molecule has 2 nitrogen and oxygen atoms in total. The second-order valence-electron chi connectivity index (χ2n) is 2.59. The summed E-state index contributed by atoms with van der Waals surface area (Å²) in [5.41, 5.74) is 0.501. The molecular formula is C9H10O2S. The molecule has 0 saturated heterocycles. The molecule has 1 N–H and O–H groups in total. The predicted molar refractivity (Wildman–Crippen MR) is 50.0 cm³/mol. The molecule has 0 amide bonds. The van der Waals surface area contributed by atoms with Crippen molar-refractivity contribution in [3.8, 4) is 0 Å². The molecule has 0 fully saturated rings. The molecule has 0 spiro atoms. The zero-order valence-corrected chi connectivity index (χ0v) is 7.58. The van der Waals surface area contributed by atoms with Gasteiger partial charge in [-0.05, 0) is 6.92 Å². The third-order valence-corrected chi connectivity index (χ3v) is 2.24. The van der Waals surface area contributed by atoms with Crippen LogP contribution in [0.3, 0.4) is 0 Å². The second-order valence-corrected chi connectivity index (χ2v) is 3.24. The van der Waals surface area contributed by atoms with E-state index in [9.17, 15) is 9.90 Å². The summed E-state index contributed by atoms with van der Waals surface area (Å²) in [6.07, 6.45) is 0. The fourth-order valence-corrected chi connectivity index (χ4v) is 1.02. The highest BCUT2D eigenvalue weighted by molar-refractivity contribution is 7.82. The Balaban J connectivity index is 3.06. The van der Waals surface area contributed by atoms with E-state index in [0.717, 1.165) is 0 Å². The molecule has 1 rings (SSSR count). The maximum Gasteiger partial charge on any atom is 0.192 e. The number of hydrogen-bond donors (Lipinski definition) is 2. The van der Waals surface area contributed by atoms with Crippen molar-refractivity contribution in [2.75, 3.05) is 0 Å². The molecule has 64 valence electrons. The Hall–Kier alpha value is -0.800. The quantitative estimate of drug-likeness (QED) is 0.535. The monoisotopic (exact) mass is 182 g/mol. The largest absolute Gasteiger partial charge is 0.369 e. The van der Waals surface area contributed by atoms with Gasteiger partial charge in [0.15, 0.2) is 10.7 Å². The Morgan fingerprint density at radius 1 is 1.42 bits per heavy atom. The van der Waals surface area contributed by atoms with Crippen LogP contribution >= 0.6 is 12.6 Å². The first-order chi connectivity index (χ1) is 5.55. The maximum atomic E-state index is 10.9. The van der Waals surface area contributed by atoms with E-state index in [-0.39, 0.29) is 5.78 Å². The number of carbonyl (C=O) groups excluding carboxylic acids is 1. The zero-order chi connectivity index (χ0) is 9.19. The average Bonchev–Trinajstić information content (AvgIpc) is 2.06. The van der Waals surface area contributed by atoms with Gasteiger partial charge in [0.2, 0.25) is 0 Å². The lowest BCUT2D eigenvalue weighted by Crippen LogP contribution is -2.26. The summed E-state index contributed by atoms with van der Waals surface area (Å²) in [5, 5.41) is 9.58. The van der Waals surface area contributed by atoms with Crippen molar-refractivity contribution in [2.45, 2.75) is 11.9 Å². The number of Topliss-reactive ketones (excluding diaryl/α,β-unsaturated/α-hetero) is 1. The fourth-order valence-electron chi connectivity index (χ4n) is 0.874. The van der Waals surface area contributed by atoms with Gasteiger partial charge in [0.1, 0.15) is 0 Å². The van der Waals surface area contributed by atoms with Gasteiger partial charge in [-0.2, -0.15) is 0 Å². The highest BCUT2D eigenvalue weighted by Crippen LogP contribution is 2.25. The molecule has 0 aliphatic rings. The smallest absolute Gasteiger partial charge is 0.192 e. The highest BCUT2D eigenvalue weighted by Gasteiger charge is 2.29. The Labute approximate surface area is 76.6 Å². The van der Waals surface area contributed by atoms with Crippen LogP contribution in [0, 0.1) is 0 Å². The van der Waals surface area contributed by atoms with E-state index in [1.54, 1.807) is 24.3 Å². The lowest BCUT2D eigenvalue weighted by Gasteiger charge is -2.18. The van der Waals surface area contributed by atoms with Crippen molar-refractivity contribution in [1.29, 1.82) is 0 Å². The van der Waals surface area contributed by atoms with Gasteiger partial charge in [0.25, 0.3) is 0 Å². The number of thiol groups is 1. The van der Waals surface area contributed by atoms with Gasteiger partial charge < -0.3 is 5.11 Å². The van der Waals surface area contributed by atoms with E-state index in [1.165, 1.54) is 6.92 Å². The van der Waals surface area contributed by atoms with Crippen LogP contribution in [0.1, 0.15) is 12.5 Å². The molecule has 0 aromatic heterocycles. The molecule has 0 saturated carbocycles. The van der Waals surface area contributed by atoms with Crippen molar-refractivity contribution < 1.29 is 9.90 Å². The summed E-state index contributed by atoms with van der Waals surface area (Å²) in [6.45, 7) is 1.31. The molecule has 12 heavy (non-hydrogen) atoms. The molecule has 0 heterocycles. The van der Waals surface area contributed by atoms with Crippen molar-refractivity contribution in [3.05, 3.63) is 35.9 Å². The predicted octanol–water partition coefficient (Wildman–Crippen LogP) is 1.35. The molecule has 1 aromatic carbocycles. The van der Waals surface area contributed by atoms with Crippen LogP contribution < -0.4 is 0 Å². The average molecular weight is 182 g/mol. The summed E-state index contributed by atoms with van der Waals surface area (Å²) < 4.78 is 0.